The summed E-state index contributed by atoms with van der Waals surface area (Å²) in [6.45, 7) is 1.09. The lowest BCUT2D eigenvalue weighted by molar-refractivity contribution is -0.132. The van der Waals surface area contributed by atoms with Crippen LogP contribution in [0.5, 0.6) is 0 Å². The molecular weight excluding hydrogens is 356 g/mol. The van der Waals surface area contributed by atoms with Crippen LogP contribution in [0, 0.1) is 0 Å². The van der Waals surface area contributed by atoms with Gasteiger partial charge in [-0.05, 0) is 17.5 Å². The maximum absolute atomic E-state index is 12.9. The molecule has 1 amide bonds. The Bertz CT molecular complexity index is 910. The number of aromatic nitrogens is 3. The van der Waals surface area contributed by atoms with Crippen LogP contribution in [-0.4, -0.2) is 45.4 Å². The molecule has 0 atom stereocenters. The smallest absolute Gasteiger partial charge is 0.360 e. The van der Waals surface area contributed by atoms with E-state index in [-0.39, 0.29) is 18.1 Å². The van der Waals surface area contributed by atoms with Crippen molar-refractivity contribution in [1.29, 1.82) is 0 Å². The van der Waals surface area contributed by atoms with E-state index in [1.54, 1.807) is 4.90 Å². The van der Waals surface area contributed by atoms with Gasteiger partial charge in [0.2, 0.25) is 5.91 Å². The summed E-state index contributed by atoms with van der Waals surface area (Å²) < 4.78 is 5.97. The third-order valence-corrected chi connectivity index (χ3v) is 4.31. The summed E-state index contributed by atoms with van der Waals surface area (Å²) in [5.41, 5.74) is 2.30. The van der Waals surface area contributed by atoms with Crippen molar-refractivity contribution < 1.29 is 14.3 Å². The third kappa shape index (κ3) is 5.26. The monoisotopic (exact) mass is 378 g/mol. The number of nitrogens with zero attached hydrogens (tertiary/aromatic N) is 4. The first-order chi connectivity index (χ1) is 13.7. The number of hydrogen-bond donors (Lipinski definition) is 0. The molecule has 0 N–H and O–H groups in total. The highest BCUT2D eigenvalue weighted by Gasteiger charge is 2.17. The average Bonchev–Trinajstić information content (AvgIpc) is 3.20. The normalized spacial score (nSPS) is 10.5. The molecule has 0 fully saturated rings. The second kappa shape index (κ2) is 9.45. The standard InChI is InChI=1S/C21H22N4O3/c1-28-21(27)19-15-25(23-22-19)16-20(26)24(14-18-10-6-3-7-11-18)13-12-17-8-4-2-5-9-17/h2-11,15H,12-14,16H2,1H3. The molecule has 0 bridgehead atoms. The number of esters is 1. The molecule has 0 aliphatic carbocycles. The van der Waals surface area contributed by atoms with Crippen LogP contribution in [0.3, 0.4) is 0 Å². The summed E-state index contributed by atoms with van der Waals surface area (Å²) in [5, 5.41) is 7.60. The largest absolute Gasteiger partial charge is 0.464 e. The van der Waals surface area contributed by atoms with Crippen LogP contribution in [0.25, 0.3) is 0 Å². The Labute approximate surface area is 163 Å². The molecule has 0 aliphatic heterocycles. The lowest BCUT2D eigenvalue weighted by Gasteiger charge is -2.23. The molecule has 28 heavy (non-hydrogen) atoms. The summed E-state index contributed by atoms with van der Waals surface area (Å²) in [5.74, 6) is -0.676. The van der Waals surface area contributed by atoms with E-state index < -0.39 is 5.97 Å². The number of benzene rings is 2. The van der Waals surface area contributed by atoms with E-state index in [0.717, 1.165) is 12.0 Å². The average molecular weight is 378 g/mol. The Morgan fingerprint density at radius 3 is 2.29 bits per heavy atom. The zero-order chi connectivity index (χ0) is 19.8. The number of hydrogen-bond acceptors (Lipinski definition) is 5. The van der Waals surface area contributed by atoms with Crippen molar-refractivity contribution >= 4 is 11.9 Å². The summed E-state index contributed by atoms with van der Waals surface area (Å²) in [6.07, 6.45) is 2.17. The summed E-state index contributed by atoms with van der Waals surface area (Å²) in [7, 11) is 1.28. The number of methoxy groups -OCH3 is 1. The summed E-state index contributed by atoms with van der Waals surface area (Å²) in [4.78, 5) is 26.2. The molecule has 0 unspecified atom stereocenters. The number of ether oxygens (including phenoxy) is 1. The van der Waals surface area contributed by atoms with E-state index >= 15 is 0 Å². The quantitative estimate of drug-likeness (QED) is 0.562. The molecule has 0 saturated heterocycles. The van der Waals surface area contributed by atoms with Gasteiger partial charge in [-0.25, -0.2) is 9.48 Å². The molecule has 0 saturated carbocycles. The van der Waals surface area contributed by atoms with E-state index in [4.69, 9.17) is 0 Å². The first-order valence-corrected chi connectivity index (χ1v) is 9.00. The van der Waals surface area contributed by atoms with Crippen LogP contribution < -0.4 is 0 Å². The lowest BCUT2D eigenvalue weighted by Crippen LogP contribution is -2.35. The zero-order valence-corrected chi connectivity index (χ0v) is 15.7. The maximum Gasteiger partial charge on any atom is 0.360 e. The summed E-state index contributed by atoms with van der Waals surface area (Å²) in [6, 6.07) is 19.9. The molecule has 7 nitrogen and oxygen atoms in total. The van der Waals surface area contributed by atoms with Gasteiger partial charge >= 0.3 is 5.97 Å². The van der Waals surface area contributed by atoms with Crippen molar-refractivity contribution in [1.82, 2.24) is 19.9 Å². The Morgan fingerprint density at radius 1 is 1.00 bits per heavy atom. The van der Waals surface area contributed by atoms with Gasteiger partial charge in [0.1, 0.15) is 6.54 Å². The molecule has 2 aromatic carbocycles. The van der Waals surface area contributed by atoms with Crippen molar-refractivity contribution in [2.75, 3.05) is 13.7 Å². The van der Waals surface area contributed by atoms with E-state index in [1.807, 2.05) is 60.7 Å². The summed E-state index contributed by atoms with van der Waals surface area (Å²) >= 11 is 0. The van der Waals surface area contributed by atoms with Gasteiger partial charge < -0.3 is 9.64 Å². The Morgan fingerprint density at radius 2 is 1.64 bits per heavy atom. The molecule has 7 heteroatoms. The van der Waals surface area contributed by atoms with Gasteiger partial charge in [0.15, 0.2) is 5.69 Å². The van der Waals surface area contributed by atoms with Crippen LogP contribution in [-0.2, 0) is 29.0 Å². The van der Waals surface area contributed by atoms with E-state index in [1.165, 1.54) is 23.6 Å². The second-order valence-corrected chi connectivity index (χ2v) is 6.33. The minimum Gasteiger partial charge on any atom is -0.464 e. The van der Waals surface area contributed by atoms with Crippen molar-refractivity contribution in [3.05, 3.63) is 83.7 Å². The second-order valence-electron chi connectivity index (χ2n) is 6.33. The first-order valence-electron chi connectivity index (χ1n) is 9.00. The van der Waals surface area contributed by atoms with Crippen molar-refractivity contribution in [3.8, 4) is 0 Å². The van der Waals surface area contributed by atoms with Crippen LogP contribution in [0.2, 0.25) is 0 Å². The van der Waals surface area contributed by atoms with Crippen LogP contribution in [0.4, 0.5) is 0 Å². The molecule has 3 aromatic rings. The minimum absolute atomic E-state index is 0.00557. The highest BCUT2D eigenvalue weighted by Crippen LogP contribution is 2.09. The van der Waals surface area contributed by atoms with Crippen molar-refractivity contribution in [2.24, 2.45) is 0 Å². The van der Waals surface area contributed by atoms with Gasteiger partial charge in [-0.15, -0.1) is 5.10 Å². The van der Waals surface area contributed by atoms with Gasteiger partial charge in [0, 0.05) is 13.1 Å². The lowest BCUT2D eigenvalue weighted by atomic mass is 10.1. The van der Waals surface area contributed by atoms with Crippen molar-refractivity contribution in [2.45, 2.75) is 19.5 Å². The van der Waals surface area contributed by atoms with Gasteiger partial charge in [-0.3, -0.25) is 4.79 Å². The highest BCUT2D eigenvalue weighted by atomic mass is 16.5. The van der Waals surface area contributed by atoms with Gasteiger partial charge in [0.05, 0.1) is 13.3 Å². The molecule has 3 rings (SSSR count). The zero-order valence-electron chi connectivity index (χ0n) is 15.7. The number of carbonyl (C=O) groups is 2. The molecule has 0 radical (unpaired) electrons. The Balaban J connectivity index is 1.70. The molecule has 144 valence electrons. The van der Waals surface area contributed by atoms with Crippen LogP contribution in [0.15, 0.2) is 66.9 Å². The van der Waals surface area contributed by atoms with Gasteiger partial charge in [-0.1, -0.05) is 65.9 Å². The predicted molar refractivity (Wildman–Crippen MR) is 103 cm³/mol. The third-order valence-electron chi connectivity index (χ3n) is 4.31. The maximum atomic E-state index is 12.9. The minimum atomic E-state index is -0.580. The van der Waals surface area contributed by atoms with E-state index in [0.29, 0.717) is 13.1 Å². The SMILES string of the molecule is COC(=O)c1cn(CC(=O)N(CCc2ccccc2)Cc2ccccc2)nn1. The van der Waals surface area contributed by atoms with E-state index in [2.05, 4.69) is 15.0 Å². The number of carbonyl (C=O) groups excluding carboxylic acids is 2. The number of amides is 1. The fourth-order valence-corrected chi connectivity index (χ4v) is 2.82. The number of rotatable bonds is 8. The van der Waals surface area contributed by atoms with Gasteiger partial charge in [0.25, 0.3) is 0 Å². The highest BCUT2D eigenvalue weighted by molar-refractivity contribution is 5.86. The molecule has 1 aromatic heterocycles. The Kier molecular flexibility index (Phi) is 6.51. The molecule has 1 heterocycles. The topological polar surface area (TPSA) is 77.3 Å². The fourth-order valence-electron chi connectivity index (χ4n) is 2.82. The molecule has 0 spiro atoms. The Hall–Kier alpha value is -3.48. The predicted octanol–water partition coefficient (Wildman–Crippen LogP) is 2.34. The molecule has 0 aliphatic rings. The first kappa shape index (κ1) is 19.3. The van der Waals surface area contributed by atoms with Crippen LogP contribution in [0.1, 0.15) is 21.6 Å². The van der Waals surface area contributed by atoms with Gasteiger partial charge in [-0.2, -0.15) is 0 Å². The fraction of sp³-hybridized carbons (Fsp3) is 0.238. The van der Waals surface area contributed by atoms with Crippen LogP contribution >= 0.6 is 0 Å². The van der Waals surface area contributed by atoms with E-state index in [9.17, 15) is 9.59 Å². The molecular formula is C21H22N4O3. The van der Waals surface area contributed by atoms with Crippen molar-refractivity contribution in [3.63, 3.8) is 0 Å².